The quantitative estimate of drug-likeness (QED) is 0.247. The van der Waals surface area contributed by atoms with E-state index < -0.39 is 24.1 Å². The molecule has 0 bridgehead atoms. The van der Waals surface area contributed by atoms with E-state index in [2.05, 4.69) is 32.1 Å². The highest BCUT2D eigenvalue weighted by atomic mass is 32.2. The fraction of sp³-hybridized carbons (Fsp3) is 0.263. The highest BCUT2D eigenvalue weighted by Gasteiger charge is 2.31. The summed E-state index contributed by atoms with van der Waals surface area (Å²) in [6.07, 6.45) is -0.443. The van der Waals surface area contributed by atoms with Crippen molar-refractivity contribution in [1.82, 2.24) is 9.97 Å². The van der Waals surface area contributed by atoms with Gasteiger partial charge in [-0.25, -0.2) is 32.7 Å². The number of methoxy groups -OCH3 is 2. The second kappa shape index (κ2) is 12.2. The van der Waals surface area contributed by atoms with Gasteiger partial charge in [0.1, 0.15) is 25.6 Å². The Morgan fingerprint density at radius 2 is 1.59 bits per heavy atom. The summed E-state index contributed by atoms with van der Waals surface area (Å²) >= 11 is 7.33. The van der Waals surface area contributed by atoms with Gasteiger partial charge in [0.2, 0.25) is 0 Å². The Kier molecular flexibility index (Phi) is 10.0. The monoisotopic (exact) mass is 522 g/mol. The average Bonchev–Trinajstić information content (AvgIpc) is 3.42. The Morgan fingerprint density at radius 1 is 1.03 bits per heavy atom. The van der Waals surface area contributed by atoms with Crippen LogP contribution >= 0.6 is 47.1 Å². The van der Waals surface area contributed by atoms with Crippen molar-refractivity contribution in [3.8, 4) is 0 Å². The van der Waals surface area contributed by atoms with Crippen LogP contribution in [0.1, 0.15) is 31.3 Å². The van der Waals surface area contributed by atoms with Gasteiger partial charge in [0, 0.05) is 17.7 Å². The molecule has 2 aromatic heterocycles. The lowest BCUT2D eigenvalue weighted by atomic mass is 10.1. The fourth-order valence-corrected chi connectivity index (χ4v) is 5.02. The number of hydrogen-bond acceptors (Lipinski definition) is 10. The van der Waals surface area contributed by atoms with E-state index in [1.807, 2.05) is 0 Å². The molecule has 0 saturated carbocycles. The average molecular weight is 523 g/mol. The first-order valence-corrected chi connectivity index (χ1v) is 11.9. The third kappa shape index (κ3) is 7.22. The molecule has 0 amide bonds. The van der Waals surface area contributed by atoms with Crippen LogP contribution < -0.4 is 0 Å². The van der Waals surface area contributed by atoms with Crippen LogP contribution in [0.4, 0.5) is 13.2 Å². The molecule has 3 aromatic rings. The van der Waals surface area contributed by atoms with Crippen LogP contribution in [0.15, 0.2) is 45.3 Å². The maximum Gasteiger partial charge on any atom is 0.350 e. The molecule has 0 saturated heterocycles. The van der Waals surface area contributed by atoms with Gasteiger partial charge in [0.05, 0.1) is 25.2 Å². The lowest BCUT2D eigenvalue weighted by Crippen LogP contribution is -2.14. The van der Waals surface area contributed by atoms with Crippen molar-refractivity contribution in [3.63, 3.8) is 0 Å². The molecule has 0 unspecified atom stereocenters. The molecule has 0 radical (unpaired) electrons. The van der Waals surface area contributed by atoms with Crippen molar-refractivity contribution in [3.05, 3.63) is 56.4 Å². The lowest BCUT2D eigenvalue weighted by Gasteiger charge is -2.16. The third-order valence-corrected chi connectivity index (χ3v) is 6.97. The number of aromatic nitrogens is 2. The van der Waals surface area contributed by atoms with Crippen molar-refractivity contribution in [2.75, 3.05) is 20.0 Å². The Labute approximate surface area is 199 Å². The topological polar surface area (TPSA) is 78.4 Å². The summed E-state index contributed by atoms with van der Waals surface area (Å²) in [6.45, 7) is 0. The maximum absolute atomic E-state index is 14.0. The zero-order valence-corrected chi connectivity index (χ0v) is 20.1. The van der Waals surface area contributed by atoms with Crippen LogP contribution in [0.5, 0.6) is 0 Å². The summed E-state index contributed by atoms with van der Waals surface area (Å²) in [7, 11) is 2.58. The van der Waals surface area contributed by atoms with Crippen LogP contribution in [0, 0.1) is 5.82 Å². The normalized spacial score (nSPS) is 10.8. The predicted molar refractivity (Wildman–Crippen MR) is 120 cm³/mol. The van der Waals surface area contributed by atoms with E-state index in [0.29, 0.717) is 19.8 Å². The predicted octanol–water partition coefficient (Wildman–Crippen LogP) is 5.56. The van der Waals surface area contributed by atoms with Crippen LogP contribution in [-0.2, 0) is 15.4 Å². The molecule has 3 rings (SSSR count). The minimum absolute atomic E-state index is 0.0676. The number of nitrogens with zero attached hydrogens (tertiary/aromatic N) is 2. The van der Waals surface area contributed by atoms with Crippen LogP contribution in [0.2, 0.25) is 0 Å². The molecule has 1 aromatic carbocycles. The molecule has 0 N–H and O–H groups in total. The molecule has 0 aliphatic rings. The summed E-state index contributed by atoms with van der Waals surface area (Å²) < 4.78 is 49.8. The first kappa shape index (κ1) is 26.2. The molecule has 32 heavy (non-hydrogen) atoms. The van der Waals surface area contributed by atoms with Gasteiger partial charge in [-0.3, -0.25) is 0 Å². The van der Waals surface area contributed by atoms with E-state index in [4.69, 9.17) is 0 Å². The highest BCUT2D eigenvalue weighted by Crippen LogP contribution is 2.35. The first-order chi connectivity index (χ1) is 15.2. The number of ether oxygens (including phenoxy) is 2. The van der Waals surface area contributed by atoms with Crippen LogP contribution in [0.25, 0.3) is 0 Å². The van der Waals surface area contributed by atoms with Gasteiger partial charge in [-0.2, -0.15) is 0 Å². The fourth-order valence-electron chi connectivity index (χ4n) is 2.15. The number of rotatable bonds is 7. The van der Waals surface area contributed by atoms with Crippen LogP contribution in [-0.4, -0.2) is 41.9 Å². The smallest absolute Gasteiger partial charge is 0.350 e. The van der Waals surface area contributed by atoms with E-state index in [1.54, 1.807) is 5.51 Å². The van der Waals surface area contributed by atoms with Crippen molar-refractivity contribution in [2.24, 2.45) is 0 Å². The second-order valence-electron chi connectivity index (χ2n) is 5.78. The summed E-state index contributed by atoms with van der Waals surface area (Å²) in [5.74, 6) is -4.47. The number of thioether (sulfide) groups is 1. The van der Waals surface area contributed by atoms with Crippen molar-refractivity contribution in [1.29, 1.82) is 0 Å². The summed E-state index contributed by atoms with van der Waals surface area (Å²) in [6, 6.07) is 4.16. The standard InChI is InChI=1S/C14H12F3NO2S2.C5H5NO2S2/c1-20-13(19)11-12(18-8-22-11)21-7-6-14(16,17)9-2-4-10(15)5-3-9;1-8-5(7)3-4(9)6-2-10-3/h2-5,8H,6-7H2,1H3;2,9H,1H3. The Hall–Kier alpha value is -2.09. The lowest BCUT2D eigenvalue weighted by molar-refractivity contribution is -0.00707. The summed E-state index contributed by atoms with van der Waals surface area (Å²) in [5, 5.41) is 0.809. The first-order valence-electron chi connectivity index (χ1n) is 8.68. The van der Waals surface area contributed by atoms with E-state index in [-0.39, 0.29) is 17.3 Å². The number of esters is 2. The maximum atomic E-state index is 14.0. The molecule has 0 atom stereocenters. The zero-order chi connectivity index (χ0) is 23.7. The van der Waals surface area contributed by atoms with Gasteiger partial charge < -0.3 is 9.47 Å². The Balaban J connectivity index is 0.000000303. The van der Waals surface area contributed by atoms with E-state index in [1.165, 1.54) is 31.1 Å². The van der Waals surface area contributed by atoms with E-state index in [9.17, 15) is 22.8 Å². The third-order valence-electron chi connectivity index (χ3n) is 3.75. The van der Waals surface area contributed by atoms with Gasteiger partial charge in [0.15, 0.2) is 0 Å². The molecule has 0 spiro atoms. The minimum atomic E-state index is -3.07. The summed E-state index contributed by atoms with van der Waals surface area (Å²) in [5.41, 5.74) is 2.78. The zero-order valence-electron chi connectivity index (χ0n) is 16.7. The Bertz CT molecular complexity index is 1040. The number of benzene rings is 1. The van der Waals surface area contributed by atoms with E-state index in [0.717, 1.165) is 47.4 Å². The molecular formula is C19H17F3N2O4S4. The number of alkyl halides is 2. The largest absolute Gasteiger partial charge is 0.465 e. The van der Waals surface area contributed by atoms with Crippen molar-refractivity contribution in [2.45, 2.75) is 22.4 Å². The van der Waals surface area contributed by atoms with Gasteiger partial charge in [-0.05, 0) is 12.1 Å². The number of carbonyl (C=O) groups excluding carboxylic acids is 2. The summed E-state index contributed by atoms with van der Waals surface area (Å²) in [4.78, 5) is 30.8. The van der Waals surface area contributed by atoms with E-state index >= 15 is 0 Å². The molecule has 13 heteroatoms. The number of carbonyl (C=O) groups is 2. The number of hydrogen-bond donors (Lipinski definition) is 1. The number of thiazole rings is 2. The molecule has 172 valence electrons. The number of thiol groups is 1. The molecule has 0 aliphatic carbocycles. The van der Waals surface area contributed by atoms with Crippen LogP contribution in [0.3, 0.4) is 0 Å². The van der Waals surface area contributed by atoms with Gasteiger partial charge in [-0.1, -0.05) is 12.1 Å². The van der Waals surface area contributed by atoms with Gasteiger partial charge in [0.25, 0.3) is 5.92 Å². The molecule has 2 heterocycles. The molecule has 0 fully saturated rings. The highest BCUT2D eigenvalue weighted by molar-refractivity contribution is 7.99. The van der Waals surface area contributed by atoms with Crippen molar-refractivity contribution >= 4 is 59.0 Å². The Morgan fingerprint density at radius 3 is 2.16 bits per heavy atom. The second-order valence-corrected chi connectivity index (χ2v) is 9.00. The van der Waals surface area contributed by atoms with Gasteiger partial charge >= 0.3 is 11.9 Å². The minimum Gasteiger partial charge on any atom is -0.465 e. The molecular weight excluding hydrogens is 505 g/mol. The number of halogens is 3. The molecule has 6 nitrogen and oxygen atoms in total. The van der Waals surface area contributed by atoms with Gasteiger partial charge in [-0.15, -0.1) is 47.1 Å². The van der Waals surface area contributed by atoms with Crippen molar-refractivity contribution < 1.29 is 32.2 Å². The SMILES string of the molecule is COC(=O)c1scnc1S.COC(=O)c1scnc1SCCC(F)(F)c1ccc(F)cc1. The molecule has 0 aliphatic heterocycles.